The number of nitrogens with zero attached hydrogens (tertiary/aromatic N) is 2. The molecule has 1 N–H and O–H groups in total. The molecule has 2 atom stereocenters. The molecule has 3 aliphatic heterocycles. The lowest BCUT2D eigenvalue weighted by Crippen LogP contribution is -2.45. The van der Waals surface area contributed by atoms with E-state index in [0.29, 0.717) is 56.7 Å². The molecule has 0 radical (unpaired) electrons. The number of hydrogen-bond acceptors (Lipinski definition) is 6. The van der Waals surface area contributed by atoms with Gasteiger partial charge in [-0.2, -0.15) is 0 Å². The zero-order valence-corrected chi connectivity index (χ0v) is 18.9. The van der Waals surface area contributed by atoms with Gasteiger partial charge in [-0.1, -0.05) is 12.1 Å². The second kappa shape index (κ2) is 9.99. The van der Waals surface area contributed by atoms with Crippen molar-refractivity contribution in [1.29, 1.82) is 0 Å². The number of morpholine rings is 1. The third-order valence-electron chi connectivity index (χ3n) is 6.54. The van der Waals surface area contributed by atoms with Crippen LogP contribution in [0.4, 0.5) is 10.1 Å². The van der Waals surface area contributed by atoms with Gasteiger partial charge < -0.3 is 24.4 Å². The SMILES string of the molecule is O=C(NCC(c1ccc(F)cc1)N1CCOCC1)C1CC(=O)N(c2ccc3c(c2)OCCO3)C1. The number of halogens is 1. The smallest absolute Gasteiger partial charge is 0.227 e. The van der Waals surface area contributed by atoms with Crippen LogP contribution in [0.5, 0.6) is 11.5 Å². The number of rotatable bonds is 6. The van der Waals surface area contributed by atoms with E-state index in [-0.39, 0.29) is 30.1 Å². The zero-order chi connectivity index (χ0) is 23.5. The Bertz CT molecular complexity index is 1040. The molecule has 180 valence electrons. The fourth-order valence-corrected chi connectivity index (χ4v) is 4.71. The summed E-state index contributed by atoms with van der Waals surface area (Å²) in [6.07, 6.45) is 0.152. The fraction of sp³-hybridized carbons (Fsp3) is 0.440. The van der Waals surface area contributed by atoms with Crippen LogP contribution in [-0.2, 0) is 14.3 Å². The highest BCUT2D eigenvalue weighted by atomic mass is 19.1. The van der Waals surface area contributed by atoms with E-state index in [0.717, 1.165) is 18.7 Å². The molecule has 2 aromatic carbocycles. The third kappa shape index (κ3) is 4.85. The summed E-state index contributed by atoms with van der Waals surface area (Å²) in [5.74, 6) is 0.272. The summed E-state index contributed by atoms with van der Waals surface area (Å²) >= 11 is 0. The third-order valence-corrected chi connectivity index (χ3v) is 6.54. The van der Waals surface area contributed by atoms with Crippen molar-refractivity contribution in [2.24, 2.45) is 5.92 Å². The molecule has 8 nitrogen and oxygen atoms in total. The number of hydrogen-bond donors (Lipinski definition) is 1. The molecule has 0 bridgehead atoms. The molecule has 3 aliphatic rings. The van der Waals surface area contributed by atoms with Crippen LogP contribution in [0.25, 0.3) is 0 Å². The molecular weight excluding hydrogens is 441 g/mol. The number of anilines is 1. The molecular formula is C25H28FN3O5. The lowest BCUT2D eigenvalue weighted by Gasteiger charge is -2.35. The molecule has 9 heteroatoms. The molecule has 0 saturated carbocycles. The van der Waals surface area contributed by atoms with E-state index in [1.165, 1.54) is 12.1 Å². The summed E-state index contributed by atoms with van der Waals surface area (Å²) in [6.45, 7) is 4.35. The molecule has 0 spiro atoms. The number of amides is 2. The lowest BCUT2D eigenvalue weighted by atomic mass is 10.0. The van der Waals surface area contributed by atoms with Crippen molar-refractivity contribution in [3.8, 4) is 11.5 Å². The topological polar surface area (TPSA) is 80.3 Å². The summed E-state index contributed by atoms with van der Waals surface area (Å²) in [5.41, 5.74) is 1.63. The van der Waals surface area contributed by atoms with Gasteiger partial charge >= 0.3 is 0 Å². The van der Waals surface area contributed by atoms with Crippen LogP contribution in [0.1, 0.15) is 18.0 Å². The Morgan fingerprint density at radius 2 is 1.76 bits per heavy atom. The molecule has 2 saturated heterocycles. The van der Waals surface area contributed by atoms with Gasteiger partial charge in [-0.05, 0) is 29.8 Å². The van der Waals surface area contributed by atoms with Crippen LogP contribution < -0.4 is 19.7 Å². The molecule has 2 aromatic rings. The monoisotopic (exact) mass is 469 g/mol. The van der Waals surface area contributed by atoms with Crippen molar-refractivity contribution in [2.75, 3.05) is 57.5 Å². The predicted octanol–water partition coefficient (Wildman–Crippen LogP) is 2.14. The van der Waals surface area contributed by atoms with E-state index in [1.807, 2.05) is 6.07 Å². The van der Waals surface area contributed by atoms with Crippen LogP contribution >= 0.6 is 0 Å². The first-order chi connectivity index (χ1) is 16.6. The lowest BCUT2D eigenvalue weighted by molar-refractivity contribution is -0.126. The molecule has 2 unspecified atom stereocenters. The van der Waals surface area contributed by atoms with Gasteiger partial charge in [0.15, 0.2) is 11.5 Å². The van der Waals surface area contributed by atoms with Gasteiger partial charge in [-0.25, -0.2) is 4.39 Å². The number of fused-ring (bicyclic) bond motifs is 1. The van der Waals surface area contributed by atoms with E-state index in [2.05, 4.69) is 10.2 Å². The van der Waals surface area contributed by atoms with E-state index < -0.39 is 5.92 Å². The summed E-state index contributed by atoms with van der Waals surface area (Å²) in [4.78, 5) is 29.6. The molecule has 2 fully saturated rings. The van der Waals surface area contributed by atoms with Gasteiger partial charge in [0, 0.05) is 44.4 Å². The molecule has 2 amide bonds. The van der Waals surface area contributed by atoms with Crippen molar-refractivity contribution in [2.45, 2.75) is 12.5 Å². The minimum atomic E-state index is -0.445. The van der Waals surface area contributed by atoms with Crippen molar-refractivity contribution >= 4 is 17.5 Å². The number of carbonyl (C=O) groups is 2. The minimum Gasteiger partial charge on any atom is -0.486 e. The van der Waals surface area contributed by atoms with Gasteiger partial charge in [0.2, 0.25) is 11.8 Å². The normalized spacial score (nSPS) is 21.4. The highest BCUT2D eigenvalue weighted by Gasteiger charge is 2.36. The van der Waals surface area contributed by atoms with E-state index >= 15 is 0 Å². The van der Waals surface area contributed by atoms with Crippen LogP contribution in [0.15, 0.2) is 42.5 Å². The maximum absolute atomic E-state index is 13.5. The van der Waals surface area contributed by atoms with Gasteiger partial charge in [-0.3, -0.25) is 14.5 Å². The Hall–Kier alpha value is -3.17. The fourth-order valence-electron chi connectivity index (χ4n) is 4.71. The summed E-state index contributed by atoms with van der Waals surface area (Å²) < 4.78 is 30.1. The zero-order valence-electron chi connectivity index (χ0n) is 18.9. The largest absolute Gasteiger partial charge is 0.486 e. The van der Waals surface area contributed by atoms with E-state index in [4.69, 9.17) is 14.2 Å². The van der Waals surface area contributed by atoms with Crippen molar-refractivity contribution in [3.63, 3.8) is 0 Å². The summed E-state index contributed by atoms with van der Waals surface area (Å²) in [5, 5.41) is 3.04. The highest BCUT2D eigenvalue weighted by Crippen LogP contribution is 2.36. The predicted molar refractivity (Wildman–Crippen MR) is 122 cm³/mol. The van der Waals surface area contributed by atoms with E-state index in [1.54, 1.807) is 29.2 Å². The maximum Gasteiger partial charge on any atom is 0.227 e. The Balaban J connectivity index is 1.24. The van der Waals surface area contributed by atoms with E-state index in [9.17, 15) is 14.0 Å². The number of ether oxygens (including phenoxy) is 3. The van der Waals surface area contributed by atoms with Gasteiger partial charge in [-0.15, -0.1) is 0 Å². The number of benzene rings is 2. The number of nitrogens with one attached hydrogen (secondary N) is 1. The van der Waals surface area contributed by atoms with Gasteiger partial charge in [0.05, 0.1) is 25.2 Å². The Morgan fingerprint density at radius 1 is 1.03 bits per heavy atom. The first-order valence-corrected chi connectivity index (χ1v) is 11.6. The van der Waals surface area contributed by atoms with Gasteiger partial charge in [0.25, 0.3) is 0 Å². The molecule has 3 heterocycles. The molecule has 0 aromatic heterocycles. The van der Waals surface area contributed by atoms with Crippen LogP contribution in [-0.4, -0.2) is 69.3 Å². The van der Waals surface area contributed by atoms with Crippen LogP contribution in [0.3, 0.4) is 0 Å². The standard InChI is InChI=1S/C25H28FN3O5/c26-19-3-1-17(2-4-19)21(28-7-9-32-10-8-28)15-27-25(31)18-13-24(30)29(16-18)20-5-6-22-23(14-20)34-12-11-33-22/h1-6,14,18,21H,7-13,15-16H2,(H,27,31). The molecule has 0 aliphatic carbocycles. The Labute approximate surface area is 197 Å². The minimum absolute atomic E-state index is 0.0971. The highest BCUT2D eigenvalue weighted by molar-refractivity contribution is 6.00. The average molecular weight is 470 g/mol. The molecule has 34 heavy (non-hydrogen) atoms. The van der Waals surface area contributed by atoms with Crippen LogP contribution in [0.2, 0.25) is 0 Å². The van der Waals surface area contributed by atoms with Crippen LogP contribution in [0, 0.1) is 11.7 Å². The second-order valence-corrected chi connectivity index (χ2v) is 8.69. The van der Waals surface area contributed by atoms with Crippen molar-refractivity contribution in [3.05, 3.63) is 53.8 Å². The quantitative estimate of drug-likeness (QED) is 0.699. The Morgan fingerprint density at radius 3 is 2.53 bits per heavy atom. The summed E-state index contributed by atoms with van der Waals surface area (Å²) in [6, 6.07) is 11.7. The summed E-state index contributed by atoms with van der Waals surface area (Å²) in [7, 11) is 0. The van der Waals surface area contributed by atoms with Crippen molar-refractivity contribution in [1.82, 2.24) is 10.2 Å². The number of carbonyl (C=O) groups excluding carboxylic acids is 2. The molecule has 5 rings (SSSR count). The van der Waals surface area contributed by atoms with Gasteiger partial charge in [0.1, 0.15) is 19.0 Å². The maximum atomic E-state index is 13.5. The average Bonchev–Trinajstić information content (AvgIpc) is 3.27. The van der Waals surface area contributed by atoms with Crippen molar-refractivity contribution < 1.29 is 28.2 Å². The first kappa shape index (κ1) is 22.6. The first-order valence-electron chi connectivity index (χ1n) is 11.6. The Kier molecular flexibility index (Phi) is 6.64. The second-order valence-electron chi connectivity index (χ2n) is 8.69.